The van der Waals surface area contributed by atoms with Gasteiger partial charge in [-0.3, -0.25) is 4.79 Å². The molecule has 0 bridgehead atoms. The highest BCUT2D eigenvalue weighted by Gasteiger charge is 2.27. The van der Waals surface area contributed by atoms with Crippen LogP contribution in [-0.4, -0.2) is 43.1 Å². The topological polar surface area (TPSA) is 76.1 Å². The predicted octanol–water partition coefficient (Wildman–Crippen LogP) is 1.36. The number of nitrogens with zero attached hydrogens (tertiary/aromatic N) is 1. The second kappa shape index (κ2) is 6.58. The molecular formula is C13H18N2O3S2. The molecule has 1 amide bonds. The number of carbonyl (C=O) groups is 1. The van der Waals surface area contributed by atoms with Gasteiger partial charge in [0.2, 0.25) is 0 Å². The van der Waals surface area contributed by atoms with Gasteiger partial charge in [0.25, 0.3) is 5.91 Å². The van der Waals surface area contributed by atoms with E-state index in [1.54, 1.807) is 30.1 Å². The summed E-state index contributed by atoms with van der Waals surface area (Å²) in [6.45, 7) is 2.44. The van der Waals surface area contributed by atoms with Crippen LogP contribution in [0.1, 0.15) is 23.7 Å². The Morgan fingerprint density at radius 2 is 2.35 bits per heavy atom. The van der Waals surface area contributed by atoms with E-state index in [-0.39, 0.29) is 23.3 Å². The Labute approximate surface area is 123 Å². The molecule has 20 heavy (non-hydrogen) atoms. The van der Waals surface area contributed by atoms with Crippen LogP contribution in [0.2, 0.25) is 0 Å². The molecule has 2 heterocycles. The van der Waals surface area contributed by atoms with Crippen LogP contribution >= 0.6 is 11.8 Å². The lowest BCUT2D eigenvalue weighted by Crippen LogP contribution is -2.29. The minimum Gasteiger partial charge on any atom is -0.352 e. The number of hydrogen-bond acceptors (Lipinski definition) is 5. The number of thioether (sulfide) groups is 1. The molecule has 0 unspecified atom stereocenters. The molecule has 7 heteroatoms. The van der Waals surface area contributed by atoms with Crippen LogP contribution in [-0.2, 0) is 9.84 Å². The number of hydrogen-bond donors (Lipinski definition) is 1. The number of sulfone groups is 1. The molecule has 1 aliphatic rings. The standard InChI is InChI=1S/C13H18N2O3S2/c1-2-19-12-7-11(3-5-14-12)13(16)15-8-10-4-6-20(17,18)9-10/h3,5,7,10H,2,4,6,8-9H2,1H3,(H,15,16)/t10-/m1/s1. The molecule has 1 aromatic rings. The van der Waals surface area contributed by atoms with Crippen molar-refractivity contribution in [2.24, 2.45) is 5.92 Å². The van der Waals surface area contributed by atoms with E-state index in [1.807, 2.05) is 6.92 Å². The predicted molar refractivity (Wildman–Crippen MR) is 79.7 cm³/mol. The normalized spacial score (nSPS) is 20.8. The van der Waals surface area contributed by atoms with Crippen molar-refractivity contribution in [2.75, 3.05) is 23.8 Å². The van der Waals surface area contributed by atoms with Gasteiger partial charge < -0.3 is 5.32 Å². The van der Waals surface area contributed by atoms with Gasteiger partial charge in [0.1, 0.15) is 0 Å². The number of carbonyl (C=O) groups excluding carboxylic acids is 1. The summed E-state index contributed by atoms with van der Waals surface area (Å²) in [6.07, 6.45) is 2.25. The van der Waals surface area contributed by atoms with Crippen LogP contribution < -0.4 is 5.32 Å². The fraction of sp³-hybridized carbons (Fsp3) is 0.538. The van der Waals surface area contributed by atoms with Gasteiger partial charge in [0.05, 0.1) is 16.5 Å². The number of nitrogens with one attached hydrogen (secondary N) is 1. The molecule has 0 aromatic carbocycles. The summed E-state index contributed by atoms with van der Waals surface area (Å²) >= 11 is 1.58. The van der Waals surface area contributed by atoms with Crippen LogP contribution in [0.4, 0.5) is 0 Å². The van der Waals surface area contributed by atoms with E-state index in [4.69, 9.17) is 0 Å². The van der Waals surface area contributed by atoms with Crippen LogP contribution in [0.25, 0.3) is 0 Å². The molecule has 1 aromatic heterocycles. The largest absolute Gasteiger partial charge is 0.352 e. The van der Waals surface area contributed by atoms with Crippen molar-refractivity contribution < 1.29 is 13.2 Å². The number of rotatable bonds is 5. The second-order valence-corrected chi connectivity index (χ2v) is 8.31. The Kier molecular flexibility index (Phi) is 5.04. The summed E-state index contributed by atoms with van der Waals surface area (Å²) < 4.78 is 22.7. The van der Waals surface area contributed by atoms with E-state index in [0.29, 0.717) is 18.5 Å². The van der Waals surface area contributed by atoms with Crippen molar-refractivity contribution >= 4 is 27.5 Å². The molecule has 0 spiro atoms. The molecule has 5 nitrogen and oxygen atoms in total. The maximum Gasteiger partial charge on any atom is 0.251 e. The lowest BCUT2D eigenvalue weighted by molar-refractivity contribution is 0.0948. The highest BCUT2D eigenvalue weighted by Crippen LogP contribution is 2.18. The van der Waals surface area contributed by atoms with Crippen LogP contribution in [0, 0.1) is 5.92 Å². The van der Waals surface area contributed by atoms with E-state index in [2.05, 4.69) is 10.3 Å². The maximum atomic E-state index is 12.0. The Hall–Kier alpha value is -1.08. The summed E-state index contributed by atoms with van der Waals surface area (Å²) in [5.41, 5.74) is 0.566. The Morgan fingerprint density at radius 1 is 1.55 bits per heavy atom. The summed E-state index contributed by atoms with van der Waals surface area (Å²) in [6, 6.07) is 3.43. The smallest absolute Gasteiger partial charge is 0.251 e. The Balaban J connectivity index is 1.90. The number of amides is 1. The highest BCUT2D eigenvalue weighted by molar-refractivity contribution is 7.99. The summed E-state index contributed by atoms with van der Waals surface area (Å²) in [7, 11) is -2.89. The van der Waals surface area contributed by atoms with E-state index in [9.17, 15) is 13.2 Å². The van der Waals surface area contributed by atoms with Crippen LogP contribution in [0.5, 0.6) is 0 Å². The Bertz CT molecular complexity index is 587. The van der Waals surface area contributed by atoms with E-state index in [0.717, 1.165) is 10.8 Å². The quantitative estimate of drug-likeness (QED) is 0.831. The zero-order valence-corrected chi connectivity index (χ0v) is 13.0. The van der Waals surface area contributed by atoms with Crippen molar-refractivity contribution in [1.29, 1.82) is 0 Å². The van der Waals surface area contributed by atoms with Gasteiger partial charge in [0, 0.05) is 18.3 Å². The highest BCUT2D eigenvalue weighted by atomic mass is 32.2. The van der Waals surface area contributed by atoms with Gasteiger partial charge in [-0.2, -0.15) is 0 Å². The minimum atomic E-state index is -2.89. The molecule has 1 aliphatic heterocycles. The fourth-order valence-corrected chi connectivity index (χ4v) is 4.65. The van der Waals surface area contributed by atoms with Crippen molar-refractivity contribution in [3.05, 3.63) is 23.9 Å². The molecule has 2 rings (SSSR count). The summed E-state index contributed by atoms with van der Waals surface area (Å²) in [5.74, 6) is 1.18. The molecule has 1 saturated heterocycles. The molecule has 0 aliphatic carbocycles. The molecule has 1 atom stereocenters. The van der Waals surface area contributed by atoms with E-state index < -0.39 is 9.84 Å². The van der Waals surface area contributed by atoms with Gasteiger partial charge in [-0.1, -0.05) is 6.92 Å². The zero-order valence-electron chi connectivity index (χ0n) is 11.3. The lowest BCUT2D eigenvalue weighted by Gasteiger charge is -2.10. The molecule has 0 radical (unpaired) electrons. The Morgan fingerprint density at radius 3 is 3.00 bits per heavy atom. The van der Waals surface area contributed by atoms with Gasteiger partial charge in [-0.25, -0.2) is 13.4 Å². The van der Waals surface area contributed by atoms with Gasteiger partial charge >= 0.3 is 0 Å². The molecule has 1 N–H and O–H groups in total. The second-order valence-electron chi connectivity index (χ2n) is 4.79. The monoisotopic (exact) mass is 314 g/mol. The van der Waals surface area contributed by atoms with Crippen molar-refractivity contribution in [1.82, 2.24) is 10.3 Å². The summed E-state index contributed by atoms with van der Waals surface area (Å²) in [5, 5.41) is 3.63. The summed E-state index contributed by atoms with van der Waals surface area (Å²) in [4.78, 5) is 16.2. The average molecular weight is 314 g/mol. The van der Waals surface area contributed by atoms with E-state index >= 15 is 0 Å². The first-order valence-electron chi connectivity index (χ1n) is 6.57. The van der Waals surface area contributed by atoms with Crippen molar-refractivity contribution in [2.45, 2.75) is 18.4 Å². The number of pyridine rings is 1. The molecular weight excluding hydrogens is 296 g/mol. The van der Waals surface area contributed by atoms with Crippen molar-refractivity contribution in [3.8, 4) is 0 Å². The van der Waals surface area contributed by atoms with Crippen molar-refractivity contribution in [3.63, 3.8) is 0 Å². The van der Waals surface area contributed by atoms with Gasteiger partial charge in [-0.15, -0.1) is 11.8 Å². The number of aromatic nitrogens is 1. The van der Waals surface area contributed by atoms with Gasteiger partial charge in [-0.05, 0) is 30.2 Å². The lowest BCUT2D eigenvalue weighted by atomic mass is 10.1. The fourth-order valence-electron chi connectivity index (χ4n) is 2.15. The molecule has 0 saturated carbocycles. The first-order valence-corrected chi connectivity index (χ1v) is 9.38. The van der Waals surface area contributed by atoms with Crippen LogP contribution in [0.3, 0.4) is 0 Å². The molecule has 1 fully saturated rings. The average Bonchev–Trinajstić information content (AvgIpc) is 2.76. The maximum absolute atomic E-state index is 12.0. The third-order valence-corrected chi connectivity index (χ3v) is 5.81. The third kappa shape index (κ3) is 4.21. The minimum absolute atomic E-state index is 0.0373. The van der Waals surface area contributed by atoms with Crippen LogP contribution in [0.15, 0.2) is 23.4 Å². The first kappa shape index (κ1) is 15.3. The molecule has 110 valence electrons. The zero-order chi connectivity index (χ0) is 14.6. The third-order valence-electron chi connectivity index (χ3n) is 3.17. The first-order chi connectivity index (χ1) is 9.50. The SMILES string of the molecule is CCSc1cc(C(=O)NC[C@H]2CCS(=O)(=O)C2)ccn1. The van der Waals surface area contributed by atoms with Gasteiger partial charge in [0.15, 0.2) is 9.84 Å². The van der Waals surface area contributed by atoms with E-state index in [1.165, 1.54) is 0 Å².